The summed E-state index contributed by atoms with van der Waals surface area (Å²) in [5, 5.41) is 3.12. The first-order valence-corrected chi connectivity index (χ1v) is 7.48. The second-order valence-corrected chi connectivity index (χ2v) is 5.56. The molecule has 0 saturated heterocycles. The van der Waals surface area contributed by atoms with E-state index in [-0.39, 0.29) is 0 Å². The number of halogens is 3. The van der Waals surface area contributed by atoms with Gasteiger partial charge in [0.05, 0.1) is 12.1 Å². The van der Waals surface area contributed by atoms with Gasteiger partial charge in [-0.1, -0.05) is 13.8 Å². The Morgan fingerprint density at radius 3 is 2.29 bits per heavy atom. The second-order valence-electron chi connectivity index (χ2n) is 5.56. The summed E-state index contributed by atoms with van der Waals surface area (Å²) in [5.41, 5.74) is 4.62. The summed E-state index contributed by atoms with van der Waals surface area (Å²) >= 11 is 0. The lowest BCUT2D eigenvalue weighted by Crippen LogP contribution is -2.53. The zero-order valence-electron chi connectivity index (χ0n) is 13.2. The largest absolute Gasteiger partial charge is 0.401 e. The quantitative estimate of drug-likeness (QED) is 0.576. The van der Waals surface area contributed by atoms with Crippen molar-refractivity contribution in [3.05, 3.63) is 0 Å². The molecule has 0 bridgehead atoms. The minimum atomic E-state index is -4.17. The highest BCUT2D eigenvalue weighted by Crippen LogP contribution is 2.18. The van der Waals surface area contributed by atoms with Crippen molar-refractivity contribution in [2.45, 2.75) is 58.2 Å². The number of carbonyl (C=O) groups is 1. The molecule has 0 aromatic rings. The fraction of sp³-hybridized carbons (Fsp3) is 0.929. The van der Waals surface area contributed by atoms with Crippen LogP contribution in [0.15, 0.2) is 0 Å². The fourth-order valence-corrected chi connectivity index (χ4v) is 2.12. The van der Waals surface area contributed by atoms with Crippen LogP contribution >= 0.6 is 0 Å². The summed E-state index contributed by atoms with van der Waals surface area (Å²) in [7, 11) is 0. The highest BCUT2D eigenvalue weighted by Gasteiger charge is 2.31. The van der Waals surface area contributed by atoms with Crippen molar-refractivity contribution in [2.24, 2.45) is 5.73 Å². The predicted molar refractivity (Wildman–Crippen MR) is 77.9 cm³/mol. The van der Waals surface area contributed by atoms with E-state index in [9.17, 15) is 18.0 Å². The molecule has 3 N–H and O–H groups in total. The third-order valence-electron chi connectivity index (χ3n) is 3.56. The van der Waals surface area contributed by atoms with E-state index in [0.29, 0.717) is 38.9 Å². The van der Waals surface area contributed by atoms with Crippen molar-refractivity contribution < 1.29 is 18.0 Å². The topological polar surface area (TPSA) is 58.4 Å². The summed E-state index contributed by atoms with van der Waals surface area (Å²) in [4.78, 5) is 12.9. The standard InChI is InChI=1S/C14H28F3N3O/c1-4-9-19-13(3,12(18)21)8-6-7-10-20(5-2)11-14(15,16)17/h19H,4-11H2,1-3H3,(H2,18,21). The number of unbranched alkanes of at least 4 members (excludes halogenated alkanes) is 1. The molecule has 0 heterocycles. The van der Waals surface area contributed by atoms with Gasteiger partial charge in [-0.15, -0.1) is 0 Å². The van der Waals surface area contributed by atoms with Crippen molar-refractivity contribution >= 4 is 5.91 Å². The molecule has 0 aromatic heterocycles. The van der Waals surface area contributed by atoms with Crippen molar-refractivity contribution in [1.82, 2.24) is 10.2 Å². The van der Waals surface area contributed by atoms with Crippen molar-refractivity contribution in [1.29, 1.82) is 0 Å². The van der Waals surface area contributed by atoms with Gasteiger partial charge in [0.2, 0.25) is 5.91 Å². The number of carbonyl (C=O) groups excluding carboxylic acids is 1. The van der Waals surface area contributed by atoms with Crippen LogP contribution in [0.4, 0.5) is 13.2 Å². The van der Waals surface area contributed by atoms with Gasteiger partial charge in [-0.2, -0.15) is 13.2 Å². The molecule has 0 fully saturated rings. The minimum Gasteiger partial charge on any atom is -0.368 e. The molecule has 7 heteroatoms. The molecule has 0 radical (unpaired) electrons. The molecule has 0 spiro atoms. The van der Waals surface area contributed by atoms with Crippen molar-refractivity contribution in [3.8, 4) is 0 Å². The molecule has 1 amide bonds. The number of primary amides is 1. The lowest BCUT2D eigenvalue weighted by Gasteiger charge is -2.28. The normalized spacial score (nSPS) is 15.2. The van der Waals surface area contributed by atoms with Crippen LogP contribution in [-0.4, -0.2) is 48.7 Å². The highest BCUT2D eigenvalue weighted by molar-refractivity contribution is 5.84. The van der Waals surface area contributed by atoms with E-state index in [1.54, 1.807) is 13.8 Å². The minimum absolute atomic E-state index is 0.362. The average molecular weight is 311 g/mol. The third-order valence-corrected chi connectivity index (χ3v) is 3.56. The molecule has 0 rings (SSSR count). The molecule has 0 aliphatic heterocycles. The smallest absolute Gasteiger partial charge is 0.368 e. The Hall–Kier alpha value is -0.820. The predicted octanol–water partition coefficient (Wildman–Crippen LogP) is 2.28. The fourth-order valence-electron chi connectivity index (χ4n) is 2.12. The van der Waals surface area contributed by atoms with Crippen LogP contribution in [0, 0.1) is 0 Å². The van der Waals surface area contributed by atoms with E-state index in [4.69, 9.17) is 5.73 Å². The van der Waals surface area contributed by atoms with Gasteiger partial charge in [-0.05, 0) is 52.2 Å². The third kappa shape index (κ3) is 8.93. The first kappa shape index (κ1) is 20.2. The van der Waals surface area contributed by atoms with E-state index in [2.05, 4.69) is 5.32 Å². The maximum atomic E-state index is 12.3. The number of hydrogen-bond donors (Lipinski definition) is 2. The van der Waals surface area contributed by atoms with Crippen molar-refractivity contribution in [3.63, 3.8) is 0 Å². The van der Waals surface area contributed by atoms with Gasteiger partial charge in [0, 0.05) is 0 Å². The Labute approximate surface area is 125 Å². The SMILES string of the molecule is CCCNC(C)(CCCCN(CC)CC(F)(F)F)C(N)=O. The van der Waals surface area contributed by atoms with Gasteiger partial charge in [0.25, 0.3) is 0 Å². The number of nitrogens with zero attached hydrogens (tertiary/aromatic N) is 1. The van der Waals surface area contributed by atoms with Crippen LogP contribution < -0.4 is 11.1 Å². The van der Waals surface area contributed by atoms with Gasteiger partial charge in [-0.3, -0.25) is 9.69 Å². The van der Waals surface area contributed by atoms with Crippen LogP contribution in [-0.2, 0) is 4.79 Å². The Kier molecular flexibility index (Phi) is 8.89. The molecule has 1 unspecified atom stereocenters. The molecular formula is C14H28F3N3O. The van der Waals surface area contributed by atoms with Crippen LogP contribution in [0.2, 0.25) is 0 Å². The zero-order valence-corrected chi connectivity index (χ0v) is 13.2. The summed E-state index contributed by atoms with van der Waals surface area (Å²) < 4.78 is 37.0. The van der Waals surface area contributed by atoms with Crippen LogP contribution in [0.25, 0.3) is 0 Å². The van der Waals surface area contributed by atoms with Crippen LogP contribution in [0.5, 0.6) is 0 Å². The molecule has 0 aliphatic rings. The summed E-state index contributed by atoms with van der Waals surface area (Å²) in [5.74, 6) is -0.418. The van der Waals surface area contributed by atoms with E-state index in [0.717, 1.165) is 6.42 Å². The number of nitrogens with two attached hydrogens (primary N) is 1. The second kappa shape index (κ2) is 9.25. The molecule has 0 aliphatic carbocycles. The molecule has 0 aromatic carbocycles. The number of hydrogen-bond acceptors (Lipinski definition) is 3. The number of rotatable bonds is 11. The maximum absolute atomic E-state index is 12.3. The van der Waals surface area contributed by atoms with Gasteiger partial charge in [-0.25, -0.2) is 0 Å². The summed E-state index contributed by atoms with van der Waals surface area (Å²) in [6.07, 6.45) is -1.48. The molecule has 126 valence electrons. The van der Waals surface area contributed by atoms with Crippen molar-refractivity contribution in [2.75, 3.05) is 26.2 Å². The van der Waals surface area contributed by atoms with E-state index < -0.39 is 24.2 Å². The Balaban J connectivity index is 4.17. The molecule has 0 saturated carbocycles. The molecule has 21 heavy (non-hydrogen) atoms. The Bertz CT molecular complexity index is 310. The molecular weight excluding hydrogens is 283 g/mol. The van der Waals surface area contributed by atoms with Crippen LogP contribution in [0.1, 0.15) is 46.5 Å². The van der Waals surface area contributed by atoms with E-state index in [1.807, 2.05) is 6.92 Å². The number of alkyl halides is 3. The highest BCUT2D eigenvalue weighted by atomic mass is 19.4. The maximum Gasteiger partial charge on any atom is 0.401 e. The van der Waals surface area contributed by atoms with Gasteiger partial charge >= 0.3 is 6.18 Å². The first-order chi connectivity index (χ1) is 9.64. The van der Waals surface area contributed by atoms with Gasteiger partial charge in [0.15, 0.2) is 0 Å². The lowest BCUT2D eigenvalue weighted by atomic mass is 9.93. The summed E-state index contributed by atoms with van der Waals surface area (Å²) in [6.45, 7) is 5.99. The summed E-state index contributed by atoms with van der Waals surface area (Å²) in [6, 6.07) is 0. The molecule has 1 atom stereocenters. The first-order valence-electron chi connectivity index (χ1n) is 7.48. The van der Waals surface area contributed by atoms with Gasteiger partial charge in [0.1, 0.15) is 0 Å². The van der Waals surface area contributed by atoms with E-state index >= 15 is 0 Å². The average Bonchev–Trinajstić information content (AvgIpc) is 2.38. The van der Waals surface area contributed by atoms with E-state index in [1.165, 1.54) is 4.90 Å². The van der Waals surface area contributed by atoms with Crippen LogP contribution in [0.3, 0.4) is 0 Å². The number of nitrogens with one attached hydrogen (secondary N) is 1. The molecule has 4 nitrogen and oxygen atoms in total. The lowest BCUT2D eigenvalue weighted by molar-refractivity contribution is -0.145. The Morgan fingerprint density at radius 2 is 1.86 bits per heavy atom. The van der Waals surface area contributed by atoms with Gasteiger partial charge < -0.3 is 11.1 Å². The number of amides is 1. The zero-order chi connectivity index (χ0) is 16.5. The monoisotopic (exact) mass is 311 g/mol. The Morgan fingerprint density at radius 1 is 1.24 bits per heavy atom.